The number of carbonyl (C=O) groups excluding carboxylic acids is 2. The van der Waals surface area contributed by atoms with Crippen LogP contribution in [0.1, 0.15) is 56.0 Å². The minimum absolute atomic E-state index is 0.00216. The molecule has 204 valence electrons. The fourth-order valence-corrected chi connectivity index (χ4v) is 6.83. The molecule has 0 aromatic heterocycles. The number of hydrogen-bond acceptors (Lipinski definition) is 9. The molecule has 2 aromatic carbocycles. The summed E-state index contributed by atoms with van der Waals surface area (Å²) in [7, 11) is 0. The molecule has 0 bridgehead atoms. The van der Waals surface area contributed by atoms with Gasteiger partial charge in [-0.3, -0.25) is 9.59 Å². The van der Waals surface area contributed by atoms with E-state index in [0.29, 0.717) is 17.4 Å². The van der Waals surface area contributed by atoms with Crippen molar-refractivity contribution in [3.05, 3.63) is 47.0 Å². The first-order chi connectivity index (χ1) is 17.8. The number of phenolic OH excluding ortho intramolecular Hbond substituents is 2. The SMILES string of the molecule is CC(=O)C1=C[C@@]2(CC3CC[C@@](O)(C(C)O)[C@H](C)O3)C(=O)c3c(cc4cccc(O)c4c3O)C[C@H]2[C@H](O)[C@@H]1O. The van der Waals surface area contributed by atoms with Crippen molar-refractivity contribution in [3.63, 3.8) is 0 Å². The molecule has 9 nitrogen and oxygen atoms in total. The number of benzene rings is 2. The Kier molecular flexibility index (Phi) is 6.44. The number of carbonyl (C=O) groups is 2. The molecule has 0 amide bonds. The first-order valence-electron chi connectivity index (χ1n) is 13.0. The van der Waals surface area contributed by atoms with E-state index in [4.69, 9.17) is 4.74 Å². The highest BCUT2D eigenvalue weighted by molar-refractivity contribution is 6.12. The van der Waals surface area contributed by atoms with Gasteiger partial charge in [0.25, 0.3) is 0 Å². The van der Waals surface area contributed by atoms with Crippen molar-refractivity contribution in [1.29, 1.82) is 0 Å². The van der Waals surface area contributed by atoms with Crippen molar-refractivity contribution in [1.82, 2.24) is 0 Å². The van der Waals surface area contributed by atoms with E-state index in [1.165, 1.54) is 26.0 Å². The first-order valence-corrected chi connectivity index (χ1v) is 13.0. The van der Waals surface area contributed by atoms with Crippen molar-refractivity contribution in [2.45, 2.75) is 82.6 Å². The summed E-state index contributed by atoms with van der Waals surface area (Å²) in [6.07, 6.45) is -3.21. The summed E-state index contributed by atoms with van der Waals surface area (Å²) in [5.74, 6) is -2.42. The standard InChI is InChI=1S/C29H34O9/c1-13(30)19-12-28(11-18-7-8-29(37,14(2)31)15(3)38-18)20(25(34)24(19)33)10-17-9-16-5-4-6-21(32)22(16)26(35)23(17)27(28)36/h4-6,9,12,14-15,18,20,24-25,31-35,37H,7-8,10-11H2,1-3H3/t14?,15-,18?,20-,24+,25-,28+,29+/m0/s1. The van der Waals surface area contributed by atoms with E-state index in [9.17, 15) is 40.2 Å². The van der Waals surface area contributed by atoms with Gasteiger partial charge >= 0.3 is 0 Å². The average Bonchev–Trinajstić information content (AvgIpc) is 2.85. The van der Waals surface area contributed by atoms with Gasteiger partial charge in [0.05, 0.1) is 40.8 Å². The molecular weight excluding hydrogens is 492 g/mol. The summed E-state index contributed by atoms with van der Waals surface area (Å²) >= 11 is 0. The van der Waals surface area contributed by atoms with Crippen molar-refractivity contribution >= 4 is 22.3 Å². The molecule has 5 rings (SSSR count). The topological polar surface area (TPSA) is 165 Å². The maximum Gasteiger partial charge on any atom is 0.177 e. The van der Waals surface area contributed by atoms with Gasteiger partial charge in [-0.25, -0.2) is 0 Å². The van der Waals surface area contributed by atoms with Gasteiger partial charge in [0.1, 0.15) is 23.2 Å². The van der Waals surface area contributed by atoms with Gasteiger partial charge in [-0.05, 0) is 63.5 Å². The van der Waals surface area contributed by atoms with Crippen LogP contribution in [0.3, 0.4) is 0 Å². The third-order valence-corrected chi connectivity index (χ3v) is 9.08. The second-order valence-electron chi connectivity index (χ2n) is 11.2. The zero-order valence-corrected chi connectivity index (χ0v) is 21.6. The number of fused-ring (bicyclic) bond motifs is 3. The van der Waals surface area contributed by atoms with Crippen LogP contribution in [-0.2, 0) is 16.0 Å². The second-order valence-corrected chi connectivity index (χ2v) is 11.2. The van der Waals surface area contributed by atoms with Crippen LogP contribution in [0.15, 0.2) is 35.9 Å². The van der Waals surface area contributed by atoms with E-state index < -0.39 is 59.0 Å². The molecule has 2 aliphatic carbocycles. The molecule has 3 aliphatic rings. The van der Waals surface area contributed by atoms with Crippen LogP contribution >= 0.6 is 0 Å². The van der Waals surface area contributed by atoms with Crippen LogP contribution in [0.4, 0.5) is 0 Å². The monoisotopic (exact) mass is 526 g/mol. The molecule has 2 aromatic rings. The zero-order chi connectivity index (χ0) is 27.7. The van der Waals surface area contributed by atoms with Crippen LogP contribution in [0.2, 0.25) is 0 Å². The molecule has 6 N–H and O–H groups in total. The lowest BCUT2D eigenvalue weighted by molar-refractivity contribution is -0.211. The highest BCUT2D eigenvalue weighted by atomic mass is 16.5. The molecule has 1 aliphatic heterocycles. The minimum Gasteiger partial charge on any atom is -0.507 e. The Balaban J connectivity index is 1.66. The van der Waals surface area contributed by atoms with Gasteiger partial charge < -0.3 is 35.4 Å². The molecule has 1 fully saturated rings. The van der Waals surface area contributed by atoms with E-state index in [-0.39, 0.29) is 47.3 Å². The van der Waals surface area contributed by atoms with Gasteiger partial charge in [0.15, 0.2) is 11.6 Å². The quantitative estimate of drug-likeness (QED) is 0.349. The fourth-order valence-electron chi connectivity index (χ4n) is 6.83. The Hall–Kier alpha value is -2.82. The lowest BCUT2D eigenvalue weighted by Crippen LogP contribution is -2.59. The zero-order valence-electron chi connectivity index (χ0n) is 21.6. The summed E-state index contributed by atoms with van der Waals surface area (Å²) in [6, 6.07) is 6.42. The molecule has 38 heavy (non-hydrogen) atoms. The molecule has 2 unspecified atom stereocenters. The van der Waals surface area contributed by atoms with E-state index in [1.807, 2.05) is 0 Å². The van der Waals surface area contributed by atoms with Crippen LogP contribution < -0.4 is 0 Å². The van der Waals surface area contributed by atoms with Crippen LogP contribution in [-0.4, -0.2) is 78.3 Å². The molecular formula is C29H34O9. The minimum atomic E-state index is -1.51. The number of allylic oxidation sites excluding steroid dienone is 1. The Labute approximate surface area is 220 Å². The van der Waals surface area contributed by atoms with E-state index in [1.54, 1.807) is 25.1 Å². The summed E-state index contributed by atoms with van der Waals surface area (Å²) in [4.78, 5) is 26.9. The highest BCUT2D eigenvalue weighted by Gasteiger charge is 2.58. The number of hydrogen-bond donors (Lipinski definition) is 6. The molecule has 9 heteroatoms. The normalized spacial score (nSPS) is 35.8. The van der Waals surface area contributed by atoms with Crippen molar-refractivity contribution in [2.24, 2.45) is 11.3 Å². The molecule has 8 atom stereocenters. The predicted octanol–water partition coefficient (Wildman–Crippen LogP) is 1.91. The van der Waals surface area contributed by atoms with Crippen LogP contribution in [0, 0.1) is 11.3 Å². The number of Topliss-reactive ketones (excluding diaryl/α,β-unsaturated/α-hetero) is 2. The number of ketones is 2. The Bertz CT molecular complexity index is 1350. The van der Waals surface area contributed by atoms with Gasteiger partial charge in [-0.1, -0.05) is 24.3 Å². The Morgan fingerprint density at radius 3 is 2.58 bits per heavy atom. The van der Waals surface area contributed by atoms with Crippen molar-refractivity contribution in [2.75, 3.05) is 0 Å². The summed E-state index contributed by atoms with van der Waals surface area (Å²) < 4.78 is 6.10. The number of aromatic hydroxyl groups is 2. The second kappa shape index (κ2) is 9.14. The fraction of sp³-hybridized carbons (Fsp3) is 0.517. The average molecular weight is 527 g/mol. The Morgan fingerprint density at radius 2 is 1.95 bits per heavy atom. The number of aliphatic hydroxyl groups is 4. The summed E-state index contributed by atoms with van der Waals surface area (Å²) in [5, 5.41) is 65.4. The van der Waals surface area contributed by atoms with Gasteiger partial charge in [-0.15, -0.1) is 0 Å². The largest absolute Gasteiger partial charge is 0.507 e. The van der Waals surface area contributed by atoms with Crippen molar-refractivity contribution in [3.8, 4) is 11.5 Å². The lowest BCUT2D eigenvalue weighted by Gasteiger charge is -2.51. The summed E-state index contributed by atoms with van der Waals surface area (Å²) in [6.45, 7) is 4.38. The highest BCUT2D eigenvalue weighted by Crippen LogP contribution is 2.54. The van der Waals surface area contributed by atoms with Crippen LogP contribution in [0.25, 0.3) is 10.8 Å². The predicted molar refractivity (Wildman–Crippen MR) is 137 cm³/mol. The molecule has 0 radical (unpaired) electrons. The third kappa shape index (κ3) is 3.79. The number of phenols is 2. The summed E-state index contributed by atoms with van der Waals surface area (Å²) in [5.41, 5.74) is -2.58. The molecule has 0 spiro atoms. The van der Waals surface area contributed by atoms with Crippen LogP contribution in [0.5, 0.6) is 11.5 Å². The van der Waals surface area contributed by atoms with Gasteiger partial charge in [-0.2, -0.15) is 0 Å². The lowest BCUT2D eigenvalue weighted by atomic mass is 9.54. The number of ether oxygens (including phenoxy) is 1. The molecule has 1 saturated heterocycles. The van der Waals surface area contributed by atoms with E-state index >= 15 is 0 Å². The molecule has 1 heterocycles. The third-order valence-electron chi connectivity index (χ3n) is 9.08. The smallest absolute Gasteiger partial charge is 0.177 e. The van der Waals surface area contributed by atoms with E-state index in [0.717, 1.165) is 0 Å². The van der Waals surface area contributed by atoms with E-state index in [2.05, 4.69) is 0 Å². The van der Waals surface area contributed by atoms with Gasteiger partial charge in [0.2, 0.25) is 0 Å². The maximum atomic E-state index is 14.4. The Morgan fingerprint density at radius 1 is 1.24 bits per heavy atom. The number of aliphatic hydroxyl groups excluding tert-OH is 3. The maximum absolute atomic E-state index is 14.4. The van der Waals surface area contributed by atoms with Crippen molar-refractivity contribution < 1.29 is 45.0 Å². The molecule has 0 saturated carbocycles. The first kappa shape index (κ1) is 26.8. The van der Waals surface area contributed by atoms with Gasteiger partial charge in [0, 0.05) is 11.5 Å². The number of rotatable bonds is 4.